The Labute approximate surface area is 168 Å². The van der Waals surface area contributed by atoms with Crippen LogP contribution in [0.1, 0.15) is 16.9 Å². The molecule has 1 fully saturated rings. The predicted octanol–water partition coefficient (Wildman–Crippen LogP) is 0.654. The molecule has 0 spiro atoms. The van der Waals surface area contributed by atoms with E-state index in [1.54, 1.807) is 4.90 Å². The normalized spacial score (nSPS) is 16.0. The van der Waals surface area contributed by atoms with Crippen molar-refractivity contribution in [1.29, 1.82) is 0 Å². The summed E-state index contributed by atoms with van der Waals surface area (Å²) in [7, 11) is -2.97. The van der Waals surface area contributed by atoms with Crippen molar-refractivity contribution in [3.63, 3.8) is 0 Å². The molecule has 10 heteroatoms. The monoisotopic (exact) mass is 426 g/mol. The van der Waals surface area contributed by atoms with Gasteiger partial charge in [-0.05, 0) is 19.4 Å². The van der Waals surface area contributed by atoms with E-state index >= 15 is 0 Å². The lowest BCUT2D eigenvalue weighted by molar-refractivity contribution is -0.133. The highest BCUT2D eigenvalue weighted by atomic mass is 32.2. The Hall–Kier alpha value is -1.78. The molecule has 0 bridgehead atoms. The molecule has 1 aliphatic rings. The number of amides is 1. The smallest absolute Gasteiger partial charge is 0.262 e. The third kappa shape index (κ3) is 4.79. The molecule has 0 aliphatic carbocycles. The highest BCUT2D eigenvalue weighted by Gasteiger charge is 2.22. The summed E-state index contributed by atoms with van der Waals surface area (Å²) in [6.07, 6.45) is 3.01. The van der Waals surface area contributed by atoms with Gasteiger partial charge in [0.1, 0.15) is 14.7 Å². The zero-order chi connectivity index (χ0) is 20.5. The fourth-order valence-electron chi connectivity index (χ4n) is 3.32. The molecule has 0 unspecified atom stereocenters. The molecule has 154 valence electrons. The lowest BCUT2D eigenvalue weighted by Crippen LogP contribution is -2.49. The van der Waals surface area contributed by atoms with Crippen molar-refractivity contribution in [2.45, 2.75) is 26.8 Å². The number of piperazine rings is 1. The third-order valence-electron chi connectivity index (χ3n) is 5.23. The molecule has 1 aliphatic heterocycles. The summed E-state index contributed by atoms with van der Waals surface area (Å²) in [5.74, 6) is 0.147. The molecular weight excluding hydrogens is 400 g/mol. The van der Waals surface area contributed by atoms with Gasteiger partial charge in [0.05, 0.1) is 17.5 Å². The maximum Gasteiger partial charge on any atom is 0.262 e. The number of rotatable bonds is 6. The van der Waals surface area contributed by atoms with Gasteiger partial charge < -0.3 is 4.90 Å². The number of carbonyl (C=O) groups is 1. The Balaban J connectivity index is 1.55. The van der Waals surface area contributed by atoms with Crippen molar-refractivity contribution in [1.82, 2.24) is 19.4 Å². The molecule has 0 aromatic carbocycles. The summed E-state index contributed by atoms with van der Waals surface area (Å²) in [6, 6.07) is 0. The van der Waals surface area contributed by atoms with E-state index in [0.29, 0.717) is 44.7 Å². The number of thiophene rings is 1. The van der Waals surface area contributed by atoms with Crippen molar-refractivity contribution in [2.24, 2.45) is 0 Å². The molecule has 2 aromatic heterocycles. The summed E-state index contributed by atoms with van der Waals surface area (Å²) in [5, 5.41) is 0.650. The van der Waals surface area contributed by atoms with Crippen LogP contribution in [0.4, 0.5) is 0 Å². The van der Waals surface area contributed by atoms with Gasteiger partial charge >= 0.3 is 0 Å². The Morgan fingerprint density at radius 1 is 1.18 bits per heavy atom. The Morgan fingerprint density at radius 2 is 1.86 bits per heavy atom. The first-order chi connectivity index (χ1) is 13.2. The quantitative estimate of drug-likeness (QED) is 0.674. The predicted molar refractivity (Wildman–Crippen MR) is 111 cm³/mol. The molecule has 1 amide bonds. The van der Waals surface area contributed by atoms with Gasteiger partial charge in [-0.1, -0.05) is 0 Å². The van der Waals surface area contributed by atoms with E-state index in [0.717, 1.165) is 15.3 Å². The fourth-order valence-corrected chi connectivity index (χ4v) is 4.90. The molecule has 3 heterocycles. The topological polar surface area (TPSA) is 92.6 Å². The summed E-state index contributed by atoms with van der Waals surface area (Å²) in [4.78, 5) is 35.3. The van der Waals surface area contributed by atoms with Gasteiger partial charge in [-0.2, -0.15) is 0 Å². The standard InChI is InChI=1S/C18H26N4O4S2/c1-13-14(2)27-17-16(13)18(24)22(12-19-17)5-4-15(23)21-8-6-20(7-9-21)10-11-28(3,25)26/h12H,4-11H2,1-3H3. The lowest BCUT2D eigenvalue weighted by atomic mass is 10.2. The summed E-state index contributed by atoms with van der Waals surface area (Å²) in [6.45, 7) is 7.21. The molecule has 2 aromatic rings. The van der Waals surface area contributed by atoms with Crippen molar-refractivity contribution < 1.29 is 13.2 Å². The van der Waals surface area contributed by atoms with Crippen LogP contribution >= 0.6 is 11.3 Å². The Morgan fingerprint density at radius 3 is 2.50 bits per heavy atom. The van der Waals surface area contributed by atoms with Crippen LogP contribution in [0.5, 0.6) is 0 Å². The van der Waals surface area contributed by atoms with E-state index in [1.165, 1.54) is 28.5 Å². The van der Waals surface area contributed by atoms with E-state index in [2.05, 4.69) is 9.88 Å². The van der Waals surface area contributed by atoms with Gasteiger partial charge in [-0.25, -0.2) is 13.4 Å². The number of aryl methyl sites for hydroxylation is 3. The maximum absolute atomic E-state index is 12.7. The van der Waals surface area contributed by atoms with Crippen molar-refractivity contribution in [3.8, 4) is 0 Å². The van der Waals surface area contributed by atoms with Crippen LogP contribution in [0, 0.1) is 13.8 Å². The Bertz CT molecular complexity index is 1030. The molecule has 0 atom stereocenters. The van der Waals surface area contributed by atoms with Crippen molar-refractivity contribution >= 4 is 37.3 Å². The number of hydrogen-bond acceptors (Lipinski definition) is 7. The van der Waals surface area contributed by atoms with Gasteiger partial charge in [0, 0.05) is 56.8 Å². The number of fused-ring (bicyclic) bond motifs is 1. The molecular formula is C18H26N4O4S2. The van der Waals surface area contributed by atoms with Crippen LogP contribution in [-0.2, 0) is 21.2 Å². The van der Waals surface area contributed by atoms with Crippen LogP contribution in [0.2, 0.25) is 0 Å². The van der Waals surface area contributed by atoms with Crippen LogP contribution in [0.3, 0.4) is 0 Å². The summed E-state index contributed by atoms with van der Waals surface area (Å²) < 4.78 is 24.1. The summed E-state index contributed by atoms with van der Waals surface area (Å²) >= 11 is 1.51. The van der Waals surface area contributed by atoms with Crippen LogP contribution in [-0.4, -0.2) is 78.4 Å². The molecule has 28 heavy (non-hydrogen) atoms. The first-order valence-corrected chi connectivity index (χ1v) is 12.2. The zero-order valence-electron chi connectivity index (χ0n) is 16.5. The second-order valence-electron chi connectivity index (χ2n) is 7.31. The molecule has 0 N–H and O–H groups in total. The fraction of sp³-hybridized carbons (Fsp3) is 0.611. The van der Waals surface area contributed by atoms with Crippen LogP contribution in [0.15, 0.2) is 11.1 Å². The van der Waals surface area contributed by atoms with E-state index in [9.17, 15) is 18.0 Å². The van der Waals surface area contributed by atoms with Gasteiger partial charge in [0.15, 0.2) is 0 Å². The first-order valence-electron chi connectivity index (χ1n) is 9.28. The zero-order valence-corrected chi connectivity index (χ0v) is 18.1. The number of aromatic nitrogens is 2. The number of hydrogen-bond donors (Lipinski definition) is 0. The van der Waals surface area contributed by atoms with E-state index < -0.39 is 9.84 Å². The van der Waals surface area contributed by atoms with Gasteiger partial charge in [-0.15, -0.1) is 11.3 Å². The van der Waals surface area contributed by atoms with E-state index in [1.807, 2.05) is 13.8 Å². The highest BCUT2D eigenvalue weighted by molar-refractivity contribution is 7.90. The van der Waals surface area contributed by atoms with Crippen LogP contribution < -0.4 is 5.56 Å². The average molecular weight is 427 g/mol. The van der Waals surface area contributed by atoms with Gasteiger partial charge in [0.2, 0.25) is 5.91 Å². The molecule has 8 nitrogen and oxygen atoms in total. The number of nitrogens with zero attached hydrogens (tertiary/aromatic N) is 4. The first kappa shape index (κ1) is 20.9. The second-order valence-corrected chi connectivity index (χ2v) is 10.8. The molecule has 0 saturated carbocycles. The van der Waals surface area contributed by atoms with E-state index in [-0.39, 0.29) is 23.6 Å². The minimum absolute atomic E-state index is 0.00739. The van der Waals surface area contributed by atoms with Gasteiger partial charge in [0.25, 0.3) is 5.56 Å². The minimum atomic E-state index is -2.97. The Kier molecular flexibility index (Phi) is 6.21. The maximum atomic E-state index is 12.7. The largest absolute Gasteiger partial charge is 0.340 e. The van der Waals surface area contributed by atoms with Crippen LogP contribution in [0.25, 0.3) is 10.2 Å². The molecule has 1 saturated heterocycles. The molecule has 3 rings (SSSR count). The molecule has 0 radical (unpaired) electrons. The number of carbonyl (C=O) groups excluding carboxylic acids is 1. The third-order valence-corrected chi connectivity index (χ3v) is 7.27. The second kappa shape index (κ2) is 8.30. The minimum Gasteiger partial charge on any atom is -0.340 e. The van der Waals surface area contributed by atoms with E-state index in [4.69, 9.17) is 0 Å². The van der Waals surface area contributed by atoms with Crippen molar-refractivity contribution in [2.75, 3.05) is 44.7 Å². The van der Waals surface area contributed by atoms with Crippen molar-refractivity contribution in [3.05, 3.63) is 27.1 Å². The summed E-state index contributed by atoms with van der Waals surface area (Å²) in [5.41, 5.74) is 0.869. The highest BCUT2D eigenvalue weighted by Crippen LogP contribution is 2.25. The SMILES string of the molecule is Cc1sc2ncn(CCC(=O)N3CCN(CCS(C)(=O)=O)CC3)c(=O)c2c1C. The lowest BCUT2D eigenvalue weighted by Gasteiger charge is -2.34. The number of sulfone groups is 1. The average Bonchev–Trinajstić information content (AvgIpc) is 2.94. The van der Waals surface area contributed by atoms with Gasteiger partial charge in [-0.3, -0.25) is 19.1 Å².